The van der Waals surface area contributed by atoms with Gasteiger partial charge in [-0.15, -0.1) is 0 Å². The van der Waals surface area contributed by atoms with Crippen molar-refractivity contribution in [2.45, 2.75) is 13.8 Å². The van der Waals surface area contributed by atoms with Gasteiger partial charge in [0.15, 0.2) is 0 Å². The highest BCUT2D eigenvalue weighted by Crippen LogP contribution is 2.17. The van der Waals surface area contributed by atoms with Crippen LogP contribution in [-0.4, -0.2) is 20.8 Å². The van der Waals surface area contributed by atoms with E-state index in [4.69, 9.17) is 9.88 Å². The van der Waals surface area contributed by atoms with Crippen molar-refractivity contribution in [3.05, 3.63) is 30.1 Å². The number of benzene rings is 1. The zero-order valence-electron chi connectivity index (χ0n) is 10.5. The number of ether oxygens (including phenoxy) is 1. The van der Waals surface area contributed by atoms with Crippen molar-refractivity contribution < 1.29 is 17.5 Å². The second kappa shape index (κ2) is 6.15. The van der Waals surface area contributed by atoms with Gasteiger partial charge in [-0.1, -0.05) is 13.8 Å². The molecule has 0 aliphatic rings. The summed E-state index contributed by atoms with van der Waals surface area (Å²) in [7, 11) is -3.52. The summed E-state index contributed by atoms with van der Waals surface area (Å²) in [5.74, 6) is -0.0103. The molecule has 18 heavy (non-hydrogen) atoms. The molecule has 0 saturated heterocycles. The molecule has 0 spiro atoms. The van der Waals surface area contributed by atoms with Crippen molar-refractivity contribution in [1.29, 1.82) is 0 Å². The summed E-state index contributed by atoms with van der Waals surface area (Å²) in [5, 5.41) is 5.03. The van der Waals surface area contributed by atoms with Crippen LogP contribution in [0.25, 0.3) is 0 Å². The highest BCUT2D eigenvalue weighted by atomic mass is 32.2. The highest BCUT2D eigenvalue weighted by Gasteiger charge is 2.20. The van der Waals surface area contributed by atoms with E-state index >= 15 is 0 Å². The van der Waals surface area contributed by atoms with Gasteiger partial charge in [-0.2, -0.15) is 0 Å². The normalized spacial score (nSPS) is 13.6. The Balaban J connectivity index is 2.60. The molecule has 1 aromatic rings. The zero-order chi connectivity index (χ0) is 13.8. The molecular weight excluding hydrogens is 257 g/mol. The number of halogens is 1. The van der Waals surface area contributed by atoms with E-state index in [1.807, 2.05) is 13.8 Å². The molecule has 0 aliphatic heterocycles. The van der Waals surface area contributed by atoms with Gasteiger partial charge in [-0.25, -0.2) is 17.9 Å². The van der Waals surface area contributed by atoms with Crippen LogP contribution in [0.15, 0.2) is 24.3 Å². The fourth-order valence-electron chi connectivity index (χ4n) is 1.47. The fourth-order valence-corrected chi connectivity index (χ4v) is 2.54. The fraction of sp³-hybridized carbons (Fsp3) is 0.500. The third kappa shape index (κ3) is 5.46. The van der Waals surface area contributed by atoms with Gasteiger partial charge in [0.25, 0.3) is 0 Å². The van der Waals surface area contributed by atoms with Crippen LogP contribution in [-0.2, 0) is 10.0 Å². The number of sulfonamides is 1. The van der Waals surface area contributed by atoms with Crippen LogP contribution in [0.2, 0.25) is 0 Å². The second-order valence-corrected chi connectivity index (χ2v) is 6.26. The first-order valence-corrected chi connectivity index (χ1v) is 7.38. The molecule has 0 fully saturated rings. The summed E-state index contributed by atoms with van der Waals surface area (Å²) < 4.78 is 40.3. The van der Waals surface area contributed by atoms with Gasteiger partial charge in [0.05, 0.1) is 12.4 Å². The summed E-state index contributed by atoms with van der Waals surface area (Å²) in [4.78, 5) is 0. The van der Waals surface area contributed by atoms with E-state index < -0.39 is 10.0 Å². The lowest BCUT2D eigenvalue weighted by atomic mass is 9.99. The van der Waals surface area contributed by atoms with Crippen LogP contribution < -0.4 is 9.88 Å². The number of primary sulfonamides is 1. The number of hydrogen-bond donors (Lipinski definition) is 1. The van der Waals surface area contributed by atoms with Crippen molar-refractivity contribution in [2.24, 2.45) is 17.0 Å². The van der Waals surface area contributed by atoms with Crippen molar-refractivity contribution in [1.82, 2.24) is 0 Å². The van der Waals surface area contributed by atoms with Crippen LogP contribution >= 0.6 is 0 Å². The van der Waals surface area contributed by atoms with Crippen molar-refractivity contribution in [3.63, 3.8) is 0 Å². The summed E-state index contributed by atoms with van der Waals surface area (Å²) >= 11 is 0. The molecular formula is C12H18FNO3S. The molecule has 6 heteroatoms. The Bertz CT molecular complexity index is 471. The van der Waals surface area contributed by atoms with Crippen LogP contribution in [0.1, 0.15) is 13.8 Å². The van der Waals surface area contributed by atoms with Gasteiger partial charge < -0.3 is 4.74 Å². The first kappa shape index (κ1) is 14.9. The Morgan fingerprint density at radius 3 is 2.28 bits per heavy atom. The molecule has 1 atom stereocenters. The van der Waals surface area contributed by atoms with Crippen LogP contribution in [0, 0.1) is 17.7 Å². The number of rotatable bonds is 6. The predicted molar refractivity (Wildman–Crippen MR) is 68.2 cm³/mol. The van der Waals surface area contributed by atoms with Gasteiger partial charge in [-0.05, 0) is 30.2 Å². The maximum Gasteiger partial charge on any atom is 0.209 e. The van der Waals surface area contributed by atoms with E-state index in [1.54, 1.807) is 0 Å². The first-order valence-electron chi connectivity index (χ1n) is 5.67. The number of nitrogens with two attached hydrogens (primary N) is 1. The van der Waals surface area contributed by atoms with Crippen molar-refractivity contribution in [2.75, 3.05) is 12.4 Å². The van der Waals surface area contributed by atoms with E-state index in [0.717, 1.165) is 0 Å². The lowest BCUT2D eigenvalue weighted by molar-refractivity contribution is 0.224. The van der Waals surface area contributed by atoms with Gasteiger partial charge in [0, 0.05) is 5.92 Å². The molecule has 2 N–H and O–H groups in total. The minimum Gasteiger partial charge on any atom is -0.493 e. The third-order valence-corrected chi connectivity index (χ3v) is 3.56. The minimum absolute atomic E-state index is 0.119. The molecule has 0 bridgehead atoms. The highest BCUT2D eigenvalue weighted by molar-refractivity contribution is 7.89. The Morgan fingerprint density at radius 1 is 1.28 bits per heavy atom. The Morgan fingerprint density at radius 2 is 1.83 bits per heavy atom. The van der Waals surface area contributed by atoms with Crippen LogP contribution in [0.3, 0.4) is 0 Å². The smallest absolute Gasteiger partial charge is 0.209 e. The molecule has 0 aromatic heterocycles. The van der Waals surface area contributed by atoms with E-state index in [-0.39, 0.29) is 30.0 Å². The molecule has 0 aliphatic carbocycles. The van der Waals surface area contributed by atoms with Gasteiger partial charge in [0.1, 0.15) is 11.6 Å². The van der Waals surface area contributed by atoms with Crippen LogP contribution in [0.4, 0.5) is 4.39 Å². The molecule has 4 nitrogen and oxygen atoms in total. The molecule has 0 saturated carbocycles. The van der Waals surface area contributed by atoms with Gasteiger partial charge in [0.2, 0.25) is 10.0 Å². The van der Waals surface area contributed by atoms with Gasteiger partial charge in [-0.3, -0.25) is 0 Å². The Kier molecular flexibility index (Phi) is 5.10. The summed E-state index contributed by atoms with van der Waals surface area (Å²) in [6, 6.07) is 5.59. The molecule has 0 amide bonds. The molecule has 1 rings (SSSR count). The minimum atomic E-state index is -3.52. The molecule has 0 heterocycles. The zero-order valence-corrected chi connectivity index (χ0v) is 11.3. The maximum atomic E-state index is 12.7. The van der Waals surface area contributed by atoms with Gasteiger partial charge >= 0.3 is 0 Å². The molecule has 0 radical (unpaired) electrons. The van der Waals surface area contributed by atoms with E-state index in [9.17, 15) is 12.8 Å². The van der Waals surface area contributed by atoms with Crippen molar-refractivity contribution in [3.8, 4) is 5.75 Å². The monoisotopic (exact) mass is 275 g/mol. The Hall–Kier alpha value is -1.14. The van der Waals surface area contributed by atoms with E-state index in [1.165, 1.54) is 24.3 Å². The summed E-state index contributed by atoms with van der Waals surface area (Å²) in [6.45, 7) is 4.05. The molecule has 1 aromatic carbocycles. The average molecular weight is 275 g/mol. The summed E-state index contributed by atoms with van der Waals surface area (Å²) in [5.41, 5.74) is 0. The van der Waals surface area contributed by atoms with E-state index in [2.05, 4.69) is 0 Å². The first-order chi connectivity index (χ1) is 8.28. The largest absolute Gasteiger partial charge is 0.493 e. The Labute approximate surface area is 107 Å². The lowest BCUT2D eigenvalue weighted by Crippen LogP contribution is -2.30. The second-order valence-electron chi connectivity index (χ2n) is 4.60. The van der Waals surface area contributed by atoms with Crippen LogP contribution in [0.5, 0.6) is 5.75 Å². The standard InChI is InChI=1S/C12H18FNO3S/c1-9(2)10(8-18(14,15)16)7-17-12-5-3-11(13)4-6-12/h3-6,9-10H,7-8H2,1-2H3,(H2,14,15,16). The SMILES string of the molecule is CC(C)C(COc1ccc(F)cc1)CS(N)(=O)=O. The molecule has 1 unspecified atom stereocenters. The summed E-state index contributed by atoms with van der Waals surface area (Å²) in [6.07, 6.45) is 0. The average Bonchev–Trinajstić information content (AvgIpc) is 2.24. The molecule has 102 valence electrons. The maximum absolute atomic E-state index is 12.7. The topological polar surface area (TPSA) is 69.4 Å². The predicted octanol–water partition coefficient (Wildman–Crippen LogP) is 1.77. The lowest BCUT2D eigenvalue weighted by Gasteiger charge is -2.20. The quantitative estimate of drug-likeness (QED) is 0.860. The third-order valence-electron chi connectivity index (χ3n) is 2.67. The van der Waals surface area contributed by atoms with E-state index in [0.29, 0.717) is 5.75 Å². The van der Waals surface area contributed by atoms with Crippen molar-refractivity contribution >= 4 is 10.0 Å². The number of hydrogen-bond acceptors (Lipinski definition) is 3.